The maximum atomic E-state index is 13.1. The Kier molecular flexibility index (Phi) is 5.25. The molecule has 8 heteroatoms. The molecule has 2 heterocycles. The van der Waals surface area contributed by atoms with Crippen LogP contribution in [0.4, 0.5) is 5.69 Å². The average molecular weight is 469 g/mol. The van der Waals surface area contributed by atoms with E-state index in [0.29, 0.717) is 11.3 Å². The fourth-order valence-electron chi connectivity index (χ4n) is 2.96. The van der Waals surface area contributed by atoms with Crippen LogP contribution in [0, 0.1) is 0 Å². The topological polar surface area (TPSA) is 37.4 Å². The number of para-hydroxylation sites is 1. The first-order valence-electron chi connectivity index (χ1n) is 7.96. The molecule has 0 N–H and O–H groups in total. The van der Waals surface area contributed by atoms with Crippen molar-refractivity contribution >= 4 is 87.4 Å². The second-order valence-electron chi connectivity index (χ2n) is 5.90. The van der Waals surface area contributed by atoms with E-state index >= 15 is 0 Å². The summed E-state index contributed by atoms with van der Waals surface area (Å²) in [5, 5.41) is 3.68. The van der Waals surface area contributed by atoms with Crippen molar-refractivity contribution < 1.29 is 9.59 Å². The van der Waals surface area contributed by atoms with Gasteiger partial charge in [0.2, 0.25) is 0 Å². The third-order valence-electron chi connectivity index (χ3n) is 4.28. The van der Waals surface area contributed by atoms with E-state index in [2.05, 4.69) is 0 Å². The minimum Gasteiger partial charge on any atom is -0.268 e. The summed E-state index contributed by atoms with van der Waals surface area (Å²) in [7, 11) is 0. The highest BCUT2D eigenvalue weighted by Gasteiger charge is 2.42. The van der Waals surface area contributed by atoms with Crippen LogP contribution in [0.1, 0.15) is 31.8 Å². The second-order valence-corrected chi connectivity index (χ2v) is 8.19. The minimum atomic E-state index is -0.596. The Hall–Kier alpha value is -1.82. The van der Waals surface area contributed by atoms with Crippen LogP contribution in [-0.2, 0) is 0 Å². The number of benzene rings is 2. The Morgan fingerprint density at radius 2 is 1.39 bits per heavy atom. The standard InChI is InChI=1S/C20H9Cl4NO2S/c21-15-13-14(16(22)18(24)17(15)23)20(27)25(19(13)26)12-4-2-1-3-11(12)6-5-10-7-8-28-9-10/h1-9H/b6-5+. The Morgan fingerprint density at radius 3 is 1.96 bits per heavy atom. The van der Waals surface area contributed by atoms with Gasteiger partial charge in [-0.2, -0.15) is 11.3 Å². The molecule has 0 saturated carbocycles. The first-order valence-corrected chi connectivity index (χ1v) is 10.4. The van der Waals surface area contributed by atoms with Crippen molar-refractivity contribution in [2.75, 3.05) is 4.90 Å². The number of nitrogens with zero attached hydrogens (tertiary/aromatic N) is 1. The van der Waals surface area contributed by atoms with Gasteiger partial charge in [-0.3, -0.25) is 9.59 Å². The summed E-state index contributed by atoms with van der Waals surface area (Å²) in [4.78, 5) is 27.2. The van der Waals surface area contributed by atoms with Gasteiger partial charge >= 0.3 is 0 Å². The molecule has 3 nitrogen and oxygen atoms in total. The van der Waals surface area contributed by atoms with Gasteiger partial charge in [0.1, 0.15) is 0 Å². The number of thiophene rings is 1. The van der Waals surface area contributed by atoms with Crippen molar-refractivity contribution in [3.63, 3.8) is 0 Å². The highest BCUT2D eigenvalue weighted by atomic mass is 35.5. The van der Waals surface area contributed by atoms with Gasteiger partial charge in [0.15, 0.2) is 0 Å². The Morgan fingerprint density at radius 1 is 0.786 bits per heavy atom. The van der Waals surface area contributed by atoms with E-state index in [1.807, 2.05) is 41.1 Å². The lowest BCUT2D eigenvalue weighted by Crippen LogP contribution is -2.30. The first-order chi connectivity index (χ1) is 13.4. The molecule has 0 spiro atoms. The van der Waals surface area contributed by atoms with Gasteiger partial charge in [-0.1, -0.05) is 76.8 Å². The molecule has 0 unspecified atom stereocenters. The number of rotatable bonds is 3. The van der Waals surface area contributed by atoms with Gasteiger partial charge in [0, 0.05) is 0 Å². The summed E-state index contributed by atoms with van der Waals surface area (Å²) < 4.78 is 0. The quantitative estimate of drug-likeness (QED) is 0.229. The van der Waals surface area contributed by atoms with Gasteiger partial charge in [-0.05, 0) is 34.0 Å². The summed E-state index contributed by atoms with van der Waals surface area (Å²) in [6.45, 7) is 0. The van der Waals surface area contributed by atoms with Gasteiger partial charge in [0.25, 0.3) is 11.8 Å². The molecular formula is C20H9Cl4NO2S. The van der Waals surface area contributed by atoms with E-state index in [0.717, 1.165) is 10.5 Å². The van der Waals surface area contributed by atoms with Crippen molar-refractivity contribution in [3.8, 4) is 0 Å². The predicted molar refractivity (Wildman–Crippen MR) is 117 cm³/mol. The number of anilines is 1. The molecule has 0 aliphatic carbocycles. The lowest BCUT2D eigenvalue weighted by Gasteiger charge is -2.16. The summed E-state index contributed by atoms with van der Waals surface area (Å²) in [5.41, 5.74) is 2.05. The Balaban J connectivity index is 1.84. The molecule has 2 amide bonds. The van der Waals surface area contributed by atoms with Crippen LogP contribution in [0.2, 0.25) is 20.1 Å². The van der Waals surface area contributed by atoms with Crippen molar-refractivity contribution in [2.24, 2.45) is 0 Å². The zero-order valence-electron chi connectivity index (χ0n) is 13.9. The molecule has 140 valence electrons. The van der Waals surface area contributed by atoms with Crippen LogP contribution in [0.5, 0.6) is 0 Å². The molecule has 1 aliphatic rings. The van der Waals surface area contributed by atoms with Crippen LogP contribution in [-0.4, -0.2) is 11.8 Å². The third-order valence-corrected chi connectivity index (χ3v) is 6.78. The van der Waals surface area contributed by atoms with Gasteiger partial charge in [-0.15, -0.1) is 0 Å². The zero-order chi connectivity index (χ0) is 20.0. The van der Waals surface area contributed by atoms with E-state index in [1.165, 1.54) is 0 Å². The fourth-order valence-corrected chi connectivity index (χ4v) is 4.60. The summed E-state index contributed by atoms with van der Waals surface area (Å²) >= 11 is 26.1. The Bertz CT molecular complexity index is 1110. The molecule has 1 aromatic heterocycles. The molecule has 3 aromatic rings. The van der Waals surface area contributed by atoms with Crippen molar-refractivity contribution in [2.45, 2.75) is 0 Å². The molecule has 0 bridgehead atoms. The van der Waals surface area contributed by atoms with Crippen LogP contribution in [0.3, 0.4) is 0 Å². The van der Waals surface area contributed by atoms with Crippen LogP contribution >= 0.6 is 57.7 Å². The third kappa shape index (κ3) is 3.06. The van der Waals surface area contributed by atoms with E-state index in [-0.39, 0.29) is 31.2 Å². The maximum absolute atomic E-state index is 13.1. The molecule has 0 fully saturated rings. The molecule has 4 rings (SSSR count). The number of imide groups is 1. The minimum absolute atomic E-state index is 0.0392. The Labute approximate surface area is 184 Å². The number of hydrogen-bond acceptors (Lipinski definition) is 3. The van der Waals surface area contributed by atoms with Crippen LogP contribution in [0.25, 0.3) is 12.2 Å². The highest BCUT2D eigenvalue weighted by molar-refractivity contribution is 7.08. The number of carbonyl (C=O) groups excluding carboxylic acids is 2. The number of carbonyl (C=O) groups is 2. The summed E-state index contributed by atoms with van der Waals surface area (Å²) in [6, 6.07) is 9.02. The molecule has 0 atom stereocenters. The molecule has 0 saturated heterocycles. The van der Waals surface area contributed by atoms with Gasteiger partial charge < -0.3 is 0 Å². The normalized spacial score (nSPS) is 13.6. The summed E-state index contributed by atoms with van der Waals surface area (Å²) in [5.74, 6) is -1.19. The smallest absolute Gasteiger partial charge is 0.267 e. The number of hydrogen-bond donors (Lipinski definition) is 0. The zero-order valence-corrected chi connectivity index (χ0v) is 17.7. The van der Waals surface area contributed by atoms with Gasteiger partial charge in [-0.25, -0.2) is 4.90 Å². The molecule has 2 aromatic carbocycles. The highest BCUT2D eigenvalue weighted by Crippen LogP contribution is 2.46. The number of halogens is 4. The second kappa shape index (κ2) is 7.54. The van der Waals surface area contributed by atoms with E-state index in [1.54, 1.807) is 23.5 Å². The average Bonchev–Trinajstić information content (AvgIpc) is 3.29. The lowest BCUT2D eigenvalue weighted by atomic mass is 10.1. The van der Waals surface area contributed by atoms with Crippen LogP contribution in [0.15, 0.2) is 41.1 Å². The van der Waals surface area contributed by atoms with Gasteiger partial charge in [0.05, 0.1) is 36.9 Å². The summed E-state index contributed by atoms with van der Waals surface area (Å²) in [6.07, 6.45) is 3.74. The largest absolute Gasteiger partial charge is 0.268 e. The van der Waals surface area contributed by atoms with Crippen LogP contribution < -0.4 is 4.90 Å². The van der Waals surface area contributed by atoms with Crippen molar-refractivity contribution in [1.82, 2.24) is 0 Å². The monoisotopic (exact) mass is 467 g/mol. The van der Waals surface area contributed by atoms with Crippen molar-refractivity contribution in [1.29, 1.82) is 0 Å². The lowest BCUT2D eigenvalue weighted by molar-refractivity contribution is 0.0926. The number of fused-ring (bicyclic) bond motifs is 1. The first kappa shape index (κ1) is 19.5. The van der Waals surface area contributed by atoms with E-state index < -0.39 is 11.8 Å². The SMILES string of the molecule is O=C1c2c(Cl)c(Cl)c(Cl)c(Cl)c2C(=O)N1c1ccccc1/C=C/c1ccsc1. The predicted octanol–water partition coefficient (Wildman–Crippen LogP) is 7.33. The number of amides is 2. The van der Waals surface area contributed by atoms with E-state index in [4.69, 9.17) is 46.4 Å². The fraction of sp³-hybridized carbons (Fsp3) is 0. The molecule has 28 heavy (non-hydrogen) atoms. The maximum Gasteiger partial charge on any atom is 0.267 e. The molecular weight excluding hydrogens is 460 g/mol. The molecule has 1 aliphatic heterocycles. The van der Waals surface area contributed by atoms with Crippen molar-refractivity contribution in [3.05, 3.63) is 83.4 Å². The molecule has 0 radical (unpaired) electrons. The van der Waals surface area contributed by atoms with E-state index in [9.17, 15) is 9.59 Å².